The number of aromatic amines is 1. The number of rotatable bonds is 4. The quantitative estimate of drug-likeness (QED) is 0.397. The molecule has 3 N–H and O–H groups in total. The number of fused-ring (bicyclic) bond motifs is 3. The molecule has 12 heteroatoms. The zero-order valence-electron chi connectivity index (χ0n) is 16.2. The second-order valence-corrected chi connectivity index (χ2v) is 8.88. The van der Waals surface area contributed by atoms with Crippen LogP contribution in [0.1, 0.15) is 16.1 Å². The Morgan fingerprint density at radius 3 is 2.53 bits per heavy atom. The monoisotopic (exact) mass is 482 g/mol. The normalized spacial score (nSPS) is 12.3. The highest BCUT2D eigenvalue weighted by atomic mass is 35.5. The number of alkyl halides is 3. The number of amides is 1. The van der Waals surface area contributed by atoms with Crippen molar-refractivity contribution in [2.75, 3.05) is 11.8 Å². The number of nitrogens with zero attached hydrogens (tertiary/aromatic N) is 1. The Hall–Kier alpha value is -3.31. The number of pyridine rings is 1. The Morgan fingerprint density at radius 2 is 1.84 bits per heavy atom. The Bertz CT molecular complexity index is 1480. The number of anilines is 1. The van der Waals surface area contributed by atoms with E-state index in [2.05, 4.69) is 20.0 Å². The van der Waals surface area contributed by atoms with Crippen LogP contribution in [0.4, 0.5) is 18.9 Å². The van der Waals surface area contributed by atoms with Crippen molar-refractivity contribution >= 4 is 55.0 Å². The molecular weight excluding hydrogens is 469 g/mol. The number of nitrogens with one attached hydrogen (secondary N) is 3. The second-order valence-electron chi connectivity index (χ2n) is 6.79. The van der Waals surface area contributed by atoms with Gasteiger partial charge < -0.3 is 10.3 Å². The van der Waals surface area contributed by atoms with Crippen molar-refractivity contribution in [2.24, 2.45) is 0 Å². The van der Waals surface area contributed by atoms with Crippen LogP contribution in [0.5, 0.6) is 0 Å². The molecule has 0 atom stereocenters. The Morgan fingerprint density at radius 1 is 1.09 bits per heavy atom. The van der Waals surface area contributed by atoms with Gasteiger partial charge in [-0.15, -0.1) is 0 Å². The average Bonchev–Trinajstić information content (AvgIpc) is 3.11. The summed E-state index contributed by atoms with van der Waals surface area (Å²) >= 11 is 5.59. The smallest absolute Gasteiger partial charge is 0.354 e. The topological polar surface area (TPSA) is 104 Å². The van der Waals surface area contributed by atoms with Gasteiger partial charge in [0.25, 0.3) is 15.9 Å². The highest BCUT2D eigenvalue weighted by Gasteiger charge is 2.33. The lowest BCUT2D eigenvalue weighted by Gasteiger charge is -2.13. The molecule has 0 bridgehead atoms. The third kappa shape index (κ3) is 3.84. The highest BCUT2D eigenvalue weighted by Crippen LogP contribution is 2.37. The van der Waals surface area contributed by atoms with Gasteiger partial charge in [0.15, 0.2) is 5.69 Å². The maximum absolute atomic E-state index is 13.1. The number of carbonyl (C=O) groups excluding carboxylic acids is 1. The fourth-order valence-electron chi connectivity index (χ4n) is 3.28. The first-order valence-corrected chi connectivity index (χ1v) is 10.9. The van der Waals surface area contributed by atoms with Crippen LogP contribution < -0.4 is 10.0 Å². The van der Waals surface area contributed by atoms with Gasteiger partial charge in [-0.25, -0.2) is 13.4 Å². The molecule has 4 rings (SSSR count). The molecule has 0 spiro atoms. The first-order chi connectivity index (χ1) is 15.0. The van der Waals surface area contributed by atoms with Gasteiger partial charge >= 0.3 is 6.18 Å². The Kier molecular flexibility index (Phi) is 5.25. The molecule has 7 nitrogen and oxygen atoms in total. The SMILES string of the molecule is CNC(=O)c1nccc2c1[nH]c1ccc(S(=O)(=O)Nc3ccc(Cl)c(C(F)(F)F)c3)cc12. The van der Waals surface area contributed by atoms with Crippen LogP contribution >= 0.6 is 11.6 Å². The van der Waals surface area contributed by atoms with E-state index in [0.29, 0.717) is 27.9 Å². The summed E-state index contributed by atoms with van der Waals surface area (Å²) in [6.07, 6.45) is -3.32. The van der Waals surface area contributed by atoms with Gasteiger partial charge in [0, 0.05) is 35.2 Å². The van der Waals surface area contributed by atoms with Crippen LogP contribution in [-0.4, -0.2) is 31.3 Å². The standard InChI is InChI=1S/C20H14ClF3N4O3S/c1-25-19(29)18-17-12(6-7-26-18)13-9-11(3-5-16(13)27-17)32(30,31)28-10-2-4-15(21)14(8-10)20(22,23)24/h2-9,27-28H,1H3,(H,25,29). The van der Waals surface area contributed by atoms with Crippen LogP contribution in [0, 0.1) is 0 Å². The molecule has 2 aromatic heterocycles. The number of hydrogen-bond donors (Lipinski definition) is 3. The molecule has 4 aromatic rings. The van der Waals surface area contributed by atoms with E-state index < -0.39 is 32.7 Å². The molecule has 0 aliphatic rings. The summed E-state index contributed by atoms with van der Waals surface area (Å²) in [6.45, 7) is 0. The molecule has 166 valence electrons. The van der Waals surface area contributed by atoms with Crippen molar-refractivity contribution in [3.8, 4) is 0 Å². The summed E-state index contributed by atoms with van der Waals surface area (Å²) in [6, 6.07) is 8.53. The lowest BCUT2D eigenvalue weighted by atomic mass is 10.1. The molecule has 0 unspecified atom stereocenters. The summed E-state index contributed by atoms with van der Waals surface area (Å²) in [7, 11) is -2.77. The van der Waals surface area contributed by atoms with Crippen LogP contribution in [0.15, 0.2) is 53.6 Å². The first-order valence-electron chi connectivity index (χ1n) is 9.03. The zero-order valence-corrected chi connectivity index (χ0v) is 17.8. The van der Waals surface area contributed by atoms with Crippen molar-refractivity contribution in [3.63, 3.8) is 0 Å². The van der Waals surface area contributed by atoms with Gasteiger partial charge in [0.2, 0.25) is 0 Å². The number of carbonyl (C=O) groups is 1. The van der Waals surface area contributed by atoms with Crippen LogP contribution in [0.3, 0.4) is 0 Å². The van der Waals surface area contributed by atoms with Gasteiger partial charge in [-0.05, 0) is 42.5 Å². The molecule has 2 heterocycles. The minimum absolute atomic E-state index is 0.143. The predicted molar refractivity (Wildman–Crippen MR) is 114 cm³/mol. The molecule has 0 radical (unpaired) electrons. The van der Waals surface area contributed by atoms with Crippen molar-refractivity contribution in [2.45, 2.75) is 11.1 Å². The molecule has 0 saturated heterocycles. The third-order valence-corrected chi connectivity index (χ3v) is 6.48. The van der Waals surface area contributed by atoms with Crippen molar-refractivity contribution in [1.29, 1.82) is 0 Å². The third-order valence-electron chi connectivity index (χ3n) is 4.77. The highest BCUT2D eigenvalue weighted by molar-refractivity contribution is 7.92. The summed E-state index contributed by atoms with van der Waals surface area (Å²) in [5.74, 6) is -0.417. The van der Waals surface area contributed by atoms with Gasteiger partial charge in [-0.3, -0.25) is 9.52 Å². The number of halogens is 4. The van der Waals surface area contributed by atoms with E-state index in [1.165, 1.54) is 31.4 Å². The van der Waals surface area contributed by atoms with Gasteiger partial charge in [0.05, 0.1) is 21.0 Å². The number of benzene rings is 2. The predicted octanol–water partition coefficient (Wildman–Crippen LogP) is 4.55. The summed E-state index contributed by atoms with van der Waals surface area (Å²) in [5, 5.41) is 3.01. The molecule has 0 saturated carbocycles. The van der Waals surface area contributed by atoms with E-state index in [1.54, 1.807) is 6.07 Å². The van der Waals surface area contributed by atoms with Crippen molar-refractivity contribution < 1.29 is 26.4 Å². The van der Waals surface area contributed by atoms with Crippen molar-refractivity contribution in [1.82, 2.24) is 15.3 Å². The fourth-order valence-corrected chi connectivity index (χ4v) is 4.58. The largest absolute Gasteiger partial charge is 0.417 e. The fraction of sp³-hybridized carbons (Fsp3) is 0.100. The minimum atomic E-state index is -4.74. The lowest BCUT2D eigenvalue weighted by Crippen LogP contribution is -2.19. The van der Waals surface area contributed by atoms with E-state index in [9.17, 15) is 26.4 Å². The molecular formula is C20H14ClF3N4O3S. The zero-order chi connectivity index (χ0) is 23.3. The Balaban J connectivity index is 1.78. The molecule has 0 aliphatic heterocycles. The number of sulfonamides is 1. The second kappa shape index (κ2) is 7.68. The minimum Gasteiger partial charge on any atom is -0.354 e. The van der Waals surface area contributed by atoms with Gasteiger partial charge in [-0.2, -0.15) is 13.2 Å². The maximum Gasteiger partial charge on any atom is 0.417 e. The average molecular weight is 483 g/mol. The van der Waals surface area contributed by atoms with E-state index in [1.807, 2.05) is 0 Å². The lowest BCUT2D eigenvalue weighted by molar-refractivity contribution is -0.137. The molecule has 0 aliphatic carbocycles. The van der Waals surface area contributed by atoms with Crippen LogP contribution in [0.2, 0.25) is 5.02 Å². The van der Waals surface area contributed by atoms with E-state index >= 15 is 0 Å². The Labute approximate surface area is 184 Å². The first kappa shape index (κ1) is 21.9. The molecule has 32 heavy (non-hydrogen) atoms. The molecule has 1 amide bonds. The van der Waals surface area contributed by atoms with Crippen LogP contribution in [0.25, 0.3) is 21.8 Å². The van der Waals surface area contributed by atoms with E-state index in [4.69, 9.17) is 11.6 Å². The van der Waals surface area contributed by atoms with Gasteiger partial charge in [-0.1, -0.05) is 11.6 Å². The number of H-pyrrole nitrogens is 1. The number of aromatic nitrogens is 2. The van der Waals surface area contributed by atoms with Crippen molar-refractivity contribution in [3.05, 3.63) is 64.9 Å². The summed E-state index contributed by atoms with van der Waals surface area (Å²) < 4.78 is 67.1. The van der Waals surface area contributed by atoms with E-state index in [-0.39, 0.29) is 16.3 Å². The molecule has 2 aromatic carbocycles. The molecule has 0 fully saturated rings. The summed E-state index contributed by atoms with van der Waals surface area (Å²) in [4.78, 5) is 19.0. The van der Waals surface area contributed by atoms with E-state index in [0.717, 1.165) is 12.1 Å². The van der Waals surface area contributed by atoms with Crippen LogP contribution in [-0.2, 0) is 16.2 Å². The summed E-state index contributed by atoms with van der Waals surface area (Å²) in [5.41, 5.74) is -0.308. The number of hydrogen-bond acceptors (Lipinski definition) is 4. The maximum atomic E-state index is 13.1. The van der Waals surface area contributed by atoms with Gasteiger partial charge in [0.1, 0.15) is 0 Å².